The van der Waals surface area contributed by atoms with Gasteiger partial charge in [0.15, 0.2) is 0 Å². The van der Waals surface area contributed by atoms with Gasteiger partial charge < -0.3 is 10.2 Å². The van der Waals surface area contributed by atoms with Gasteiger partial charge in [-0.25, -0.2) is 4.98 Å². The van der Waals surface area contributed by atoms with Crippen LogP contribution < -0.4 is 10.2 Å². The highest BCUT2D eigenvalue weighted by molar-refractivity contribution is 5.46. The quantitative estimate of drug-likeness (QED) is 0.861. The molecule has 1 heterocycles. The summed E-state index contributed by atoms with van der Waals surface area (Å²) in [4.78, 5) is 7.02. The van der Waals surface area contributed by atoms with Crippen molar-refractivity contribution < 1.29 is 0 Å². The third kappa shape index (κ3) is 4.20. The molecule has 0 bridgehead atoms. The number of rotatable bonds is 6. The first-order valence-electron chi connectivity index (χ1n) is 7.96. The molecule has 0 radical (unpaired) electrons. The van der Waals surface area contributed by atoms with E-state index in [0.29, 0.717) is 6.04 Å². The average molecular weight is 275 g/mol. The van der Waals surface area contributed by atoms with E-state index in [1.165, 1.54) is 36.8 Å². The minimum Gasteiger partial charge on any atom is -0.359 e. The van der Waals surface area contributed by atoms with E-state index < -0.39 is 0 Å². The molecule has 1 N–H and O–H groups in total. The smallest absolute Gasteiger partial charge is 0.131 e. The zero-order chi connectivity index (χ0) is 14.5. The fourth-order valence-electron chi connectivity index (χ4n) is 3.11. The lowest BCUT2D eigenvalue weighted by atomic mass is 10.1. The van der Waals surface area contributed by atoms with Crippen LogP contribution in [0, 0.1) is 12.8 Å². The third-order valence-corrected chi connectivity index (χ3v) is 4.19. The molecular formula is C17H29N3. The first-order chi connectivity index (χ1) is 9.56. The molecule has 0 amide bonds. The van der Waals surface area contributed by atoms with Crippen molar-refractivity contribution in [3.8, 4) is 0 Å². The van der Waals surface area contributed by atoms with E-state index in [9.17, 15) is 0 Å². The molecule has 1 aromatic rings. The zero-order valence-electron chi connectivity index (χ0n) is 13.4. The molecule has 1 fully saturated rings. The van der Waals surface area contributed by atoms with Crippen molar-refractivity contribution in [2.45, 2.75) is 59.0 Å². The van der Waals surface area contributed by atoms with Crippen LogP contribution in [0.3, 0.4) is 0 Å². The van der Waals surface area contributed by atoms with E-state index in [2.05, 4.69) is 49.1 Å². The number of pyridine rings is 1. The highest BCUT2D eigenvalue weighted by atomic mass is 15.2. The molecule has 1 aliphatic carbocycles. The third-order valence-electron chi connectivity index (χ3n) is 4.19. The van der Waals surface area contributed by atoms with Crippen molar-refractivity contribution in [1.29, 1.82) is 0 Å². The molecule has 2 rings (SSSR count). The number of anilines is 1. The van der Waals surface area contributed by atoms with Crippen LogP contribution in [0.15, 0.2) is 12.3 Å². The van der Waals surface area contributed by atoms with Gasteiger partial charge in [0.25, 0.3) is 0 Å². The van der Waals surface area contributed by atoms with Crippen LogP contribution >= 0.6 is 0 Å². The van der Waals surface area contributed by atoms with Gasteiger partial charge in [0.05, 0.1) is 0 Å². The maximum absolute atomic E-state index is 4.68. The lowest BCUT2D eigenvalue weighted by Gasteiger charge is -2.24. The van der Waals surface area contributed by atoms with Crippen LogP contribution in [0.5, 0.6) is 0 Å². The van der Waals surface area contributed by atoms with Gasteiger partial charge in [-0.1, -0.05) is 26.7 Å². The number of aromatic nitrogens is 1. The Hall–Kier alpha value is -1.09. The minimum atomic E-state index is 0.514. The first kappa shape index (κ1) is 15.3. The van der Waals surface area contributed by atoms with E-state index in [0.717, 1.165) is 24.8 Å². The fraction of sp³-hybridized carbons (Fsp3) is 0.706. The molecule has 3 nitrogen and oxygen atoms in total. The van der Waals surface area contributed by atoms with Crippen LogP contribution in [0.25, 0.3) is 0 Å². The Balaban J connectivity index is 1.97. The summed E-state index contributed by atoms with van der Waals surface area (Å²) in [7, 11) is 2.18. The van der Waals surface area contributed by atoms with Gasteiger partial charge in [0.2, 0.25) is 0 Å². The molecule has 1 saturated carbocycles. The van der Waals surface area contributed by atoms with Gasteiger partial charge in [-0.15, -0.1) is 0 Å². The van der Waals surface area contributed by atoms with Gasteiger partial charge in [0.1, 0.15) is 5.82 Å². The fourth-order valence-corrected chi connectivity index (χ4v) is 3.11. The lowest BCUT2D eigenvalue weighted by molar-refractivity contribution is 0.544. The second kappa shape index (κ2) is 7.07. The standard InChI is InChI=1S/C17H29N3/c1-13(2)18-10-16-9-14(3)17(19-11-16)20(4)12-15-7-5-6-8-15/h9,11,13,15,18H,5-8,10,12H2,1-4H3. The molecule has 3 heteroatoms. The predicted octanol–water partition coefficient (Wildman–Crippen LogP) is 3.51. The summed E-state index contributed by atoms with van der Waals surface area (Å²) in [5.74, 6) is 2.01. The minimum absolute atomic E-state index is 0.514. The first-order valence-corrected chi connectivity index (χ1v) is 7.96. The van der Waals surface area contributed by atoms with Crippen molar-refractivity contribution in [2.24, 2.45) is 5.92 Å². The molecule has 20 heavy (non-hydrogen) atoms. The highest BCUT2D eigenvalue weighted by Gasteiger charge is 2.18. The molecule has 0 aromatic carbocycles. The topological polar surface area (TPSA) is 28.2 Å². The predicted molar refractivity (Wildman–Crippen MR) is 86.2 cm³/mol. The normalized spacial score (nSPS) is 16.1. The maximum atomic E-state index is 4.68. The molecule has 0 aliphatic heterocycles. The summed E-state index contributed by atoms with van der Waals surface area (Å²) in [6, 6.07) is 2.78. The largest absolute Gasteiger partial charge is 0.359 e. The van der Waals surface area contributed by atoms with E-state index >= 15 is 0 Å². The van der Waals surface area contributed by atoms with E-state index in [1.54, 1.807) is 0 Å². The van der Waals surface area contributed by atoms with E-state index in [-0.39, 0.29) is 0 Å². The Bertz CT molecular complexity index is 422. The summed E-state index contributed by atoms with van der Waals surface area (Å²) >= 11 is 0. The van der Waals surface area contributed by atoms with Crippen LogP contribution in [0.1, 0.15) is 50.7 Å². The highest BCUT2D eigenvalue weighted by Crippen LogP contribution is 2.27. The molecule has 1 aromatic heterocycles. The Morgan fingerprint density at radius 2 is 2.05 bits per heavy atom. The molecular weight excluding hydrogens is 246 g/mol. The second-order valence-corrected chi connectivity index (χ2v) is 6.55. The average Bonchev–Trinajstić information content (AvgIpc) is 2.89. The Morgan fingerprint density at radius 3 is 2.65 bits per heavy atom. The Kier molecular flexibility index (Phi) is 5.41. The van der Waals surface area contributed by atoms with Gasteiger partial charge in [-0.2, -0.15) is 0 Å². The van der Waals surface area contributed by atoms with Crippen molar-refractivity contribution >= 4 is 5.82 Å². The Labute approximate surface area is 123 Å². The number of aryl methyl sites for hydroxylation is 1. The molecule has 1 aliphatic rings. The summed E-state index contributed by atoms with van der Waals surface area (Å²) in [6.07, 6.45) is 7.61. The molecule has 112 valence electrons. The Morgan fingerprint density at radius 1 is 1.35 bits per heavy atom. The SMILES string of the molecule is Cc1cc(CNC(C)C)cnc1N(C)CC1CCCC1. The van der Waals surface area contributed by atoms with Crippen LogP contribution in [-0.4, -0.2) is 24.6 Å². The second-order valence-electron chi connectivity index (χ2n) is 6.55. The van der Waals surface area contributed by atoms with Crippen molar-refractivity contribution in [3.05, 3.63) is 23.4 Å². The molecule has 0 atom stereocenters. The van der Waals surface area contributed by atoms with Crippen LogP contribution in [-0.2, 0) is 6.54 Å². The summed E-state index contributed by atoms with van der Waals surface area (Å²) < 4.78 is 0. The zero-order valence-corrected chi connectivity index (χ0v) is 13.4. The van der Waals surface area contributed by atoms with E-state index in [1.807, 2.05) is 6.20 Å². The van der Waals surface area contributed by atoms with E-state index in [4.69, 9.17) is 0 Å². The molecule has 0 unspecified atom stereocenters. The van der Waals surface area contributed by atoms with Gasteiger partial charge in [0, 0.05) is 32.4 Å². The molecule has 0 spiro atoms. The van der Waals surface area contributed by atoms with Crippen LogP contribution in [0.2, 0.25) is 0 Å². The number of hydrogen-bond acceptors (Lipinski definition) is 3. The van der Waals surface area contributed by atoms with Gasteiger partial charge >= 0.3 is 0 Å². The number of nitrogens with one attached hydrogen (secondary N) is 1. The number of hydrogen-bond donors (Lipinski definition) is 1. The lowest BCUT2D eigenvalue weighted by Crippen LogP contribution is -2.26. The molecule has 0 saturated heterocycles. The van der Waals surface area contributed by atoms with Crippen molar-refractivity contribution in [2.75, 3.05) is 18.5 Å². The maximum Gasteiger partial charge on any atom is 0.131 e. The van der Waals surface area contributed by atoms with Gasteiger partial charge in [-0.05, 0) is 42.9 Å². The monoisotopic (exact) mass is 275 g/mol. The summed E-state index contributed by atoms with van der Waals surface area (Å²) in [5.41, 5.74) is 2.56. The van der Waals surface area contributed by atoms with Crippen molar-refractivity contribution in [1.82, 2.24) is 10.3 Å². The van der Waals surface area contributed by atoms with Crippen molar-refractivity contribution in [3.63, 3.8) is 0 Å². The number of nitrogens with zero attached hydrogens (tertiary/aromatic N) is 2. The summed E-state index contributed by atoms with van der Waals surface area (Å²) in [5, 5.41) is 3.44. The summed E-state index contributed by atoms with van der Waals surface area (Å²) in [6.45, 7) is 8.57. The van der Waals surface area contributed by atoms with Gasteiger partial charge in [-0.3, -0.25) is 0 Å². The van der Waals surface area contributed by atoms with Crippen LogP contribution in [0.4, 0.5) is 5.82 Å².